The molecule has 2 atom stereocenters. The van der Waals surface area contributed by atoms with Crippen LogP contribution in [0.3, 0.4) is 0 Å². The van der Waals surface area contributed by atoms with E-state index in [1.807, 2.05) is 25.1 Å². The molecular weight excluding hydrogens is 304 g/mol. The van der Waals surface area contributed by atoms with Gasteiger partial charge in [-0.1, -0.05) is 32.0 Å². The molecule has 5 nitrogen and oxygen atoms in total. The van der Waals surface area contributed by atoms with Gasteiger partial charge in [0.05, 0.1) is 12.6 Å². The van der Waals surface area contributed by atoms with E-state index >= 15 is 0 Å². The number of carbonyl (C=O) groups excluding carboxylic acids is 2. The molecule has 2 unspecified atom stereocenters. The van der Waals surface area contributed by atoms with Crippen LogP contribution in [0.25, 0.3) is 0 Å². The molecule has 1 aliphatic rings. The maximum atomic E-state index is 12.8. The number of carbonyl (C=O) groups is 2. The first-order valence-electron chi connectivity index (χ1n) is 8.67. The van der Waals surface area contributed by atoms with Crippen molar-refractivity contribution in [3.63, 3.8) is 0 Å². The highest BCUT2D eigenvalue weighted by Gasteiger charge is 2.46. The molecule has 0 bridgehead atoms. The summed E-state index contributed by atoms with van der Waals surface area (Å²) < 4.78 is 0. The molecule has 0 aliphatic carbocycles. The zero-order chi connectivity index (χ0) is 17.7. The van der Waals surface area contributed by atoms with Gasteiger partial charge in [0.1, 0.15) is 5.54 Å². The fourth-order valence-electron chi connectivity index (χ4n) is 3.35. The molecule has 1 aromatic carbocycles. The number of hydrogen-bond donors (Lipinski definition) is 2. The second-order valence-electron chi connectivity index (χ2n) is 7.18. The van der Waals surface area contributed by atoms with E-state index in [0.717, 1.165) is 6.42 Å². The lowest BCUT2D eigenvalue weighted by Gasteiger charge is -2.35. The maximum absolute atomic E-state index is 12.8. The molecule has 2 rings (SSSR count). The van der Waals surface area contributed by atoms with Gasteiger partial charge in [0.15, 0.2) is 0 Å². The largest absolute Gasteiger partial charge is 0.394 e. The Balaban J connectivity index is 2.14. The fourth-order valence-corrected chi connectivity index (χ4v) is 3.35. The molecule has 1 aromatic rings. The molecule has 1 heterocycles. The van der Waals surface area contributed by atoms with E-state index in [2.05, 4.69) is 19.2 Å². The summed E-state index contributed by atoms with van der Waals surface area (Å²) in [5, 5.41) is 12.4. The molecule has 5 heteroatoms. The summed E-state index contributed by atoms with van der Waals surface area (Å²) in [5.41, 5.74) is -0.267. The molecule has 0 saturated carbocycles. The molecule has 2 N–H and O–H groups in total. The second kappa shape index (κ2) is 7.79. The summed E-state index contributed by atoms with van der Waals surface area (Å²) >= 11 is 0. The van der Waals surface area contributed by atoms with Crippen LogP contribution in [-0.4, -0.2) is 46.6 Å². The van der Waals surface area contributed by atoms with Crippen molar-refractivity contribution in [2.24, 2.45) is 5.92 Å². The lowest BCUT2D eigenvalue weighted by Crippen LogP contribution is -2.57. The Kier molecular flexibility index (Phi) is 5.99. The minimum atomic E-state index is -0.864. The number of nitrogens with zero attached hydrogens (tertiary/aromatic N) is 1. The molecule has 0 aromatic heterocycles. The number of likely N-dealkylation sites (tertiary alicyclic amines) is 1. The third-order valence-electron chi connectivity index (χ3n) is 4.71. The van der Waals surface area contributed by atoms with E-state index in [-0.39, 0.29) is 24.5 Å². The van der Waals surface area contributed by atoms with Crippen LogP contribution >= 0.6 is 0 Å². The van der Waals surface area contributed by atoms with Crippen molar-refractivity contribution in [3.8, 4) is 0 Å². The first kappa shape index (κ1) is 18.5. The van der Waals surface area contributed by atoms with E-state index in [4.69, 9.17) is 0 Å². The number of benzene rings is 1. The van der Waals surface area contributed by atoms with Crippen molar-refractivity contribution >= 4 is 11.8 Å². The Morgan fingerprint density at radius 3 is 2.54 bits per heavy atom. The Morgan fingerprint density at radius 2 is 1.96 bits per heavy atom. The van der Waals surface area contributed by atoms with E-state index in [0.29, 0.717) is 30.9 Å². The van der Waals surface area contributed by atoms with Gasteiger partial charge in [-0.2, -0.15) is 0 Å². The normalized spacial score (nSPS) is 21.8. The van der Waals surface area contributed by atoms with E-state index in [1.54, 1.807) is 17.0 Å². The molecule has 1 aliphatic heterocycles. The number of nitrogens with one attached hydrogen (secondary N) is 1. The third-order valence-corrected chi connectivity index (χ3v) is 4.71. The van der Waals surface area contributed by atoms with Crippen molar-refractivity contribution in [3.05, 3.63) is 35.9 Å². The van der Waals surface area contributed by atoms with E-state index in [9.17, 15) is 14.7 Å². The minimum Gasteiger partial charge on any atom is -0.394 e. The van der Waals surface area contributed by atoms with Gasteiger partial charge < -0.3 is 15.3 Å². The standard InChI is InChI=1S/C19H28N2O3/c1-14(2)12-16(13-22)20-18(24)19(3)10-7-11-21(19)17(23)15-8-5-4-6-9-15/h4-6,8-9,14,16,22H,7,10-13H2,1-3H3,(H,20,24). The first-order valence-corrected chi connectivity index (χ1v) is 8.67. The molecule has 1 saturated heterocycles. The highest BCUT2D eigenvalue weighted by atomic mass is 16.3. The van der Waals surface area contributed by atoms with Gasteiger partial charge >= 0.3 is 0 Å². The molecule has 24 heavy (non-hydrogen) atoms. The van der Waals surface area contributed by atoms with Gasteiger partial charge in [-0.25, -0.2) is 0 Å². The van der Waals surface area contributed by atoms with Crippen molar-refractivity contribution < 1.29 is 14.7 Å². The van der Waals surface area contributed by atoms with Crippen LogP contribution in [0.15, 0.2) is 30.3 Å². The number of aliphatic hydroxyl groups is 1. The van der Waals surface area contributed by atoms with Gasteiger partial charge in [0.25, 0.3) is 5.91 Å². The maximum Gasteiger partial charge on any atom is 0.254 e. The topological polar surface area (TPSA) is 69.6 Å². The van der Waals surface area contributed by atoms with Crippen molar-refractivity contribution in [1.82, 2.24) is 10.2 Å². The zero-order valence-electron chi connectivity index (χ0n) is 14.8. The third kappa shape index (κ3) is 3.96. The van der Waals surface area contributed by atoms with Crippen LogP contribution in [0.2, 0.25) is 0 Å². The smallest absolute Gasteiger partial charge is 0.254 e. The molecule has 0 spiro atoms. The predicted molar refractivity (Wildman–Crippen MR) is 93.6 cm³/mol. The molecule has 0 radical (unpaired) electrons. The quantitative estimate of drug-likeness (QED) is 0.839. The van der Waals surface area contributed by atoms with Crippen LogP contribution in [-0.2, 0) is 4.79 Å². The van der Waals surface area contributed by atoms with E-state index in [1.165, 1.54) is 0 Å². The van der Waals surface area contributed by atoms with Crippen LogP contribution in [0.1, 0.15) is 50.4 Å². The van der Waals surface area contributed by atoms with Crippen LogP contribution < -0.4 is 5.32 Å². The second-order valence-corrected chi connectivity index (χ2v) is 7.18. The number of hydrogen-bond acceptors (Lipinski definition) is 3. The summed E-state index contributed by atoms with van der Waals surface area (Å²) in [6.45, 7) is 6.41. The Morgan fingerprint density at radius 1 is 1.29 bits per heavy atom. The average Bonchev–Trinajstić information content (AvgIpc) is 2.97. The molecular formula is C19H28N2O3. The predicted octanol–water partition coefficient (Wildman–Crippen LogP) is 2.20. The summed E-state index contributed by atoms with van der Waals surface area (Å²) in [7, 11) is 0. The van der Waals surface area contributed by atoms with Gasteiger partial charge in [-0.05, 0) is 44.2 Å². The Hall–Kier alpha value is -1.88. The van der Waals surface area contributed by atoms with Crippen molar-refractivity contribution in [2.75, 3.05) is 13.2 Å². The van der Waals surface area contributed by atoms with Crippen molar-refractivity contribution in [1.29, 1.82) is 0 Å². The minimum absolute atomic E-state index is 0.0906. The van der Waals surface area contributed by atoms with Crippen LogP contribution in [0.4, 0.5) is 0 Å². The Bertz CT molecular complexity index is 573. The monoisotopic (exact) mass is 332 g/mol. The summed E-state index contributed by atoms with van der Waals surface area (Å²) in [6.07, 6.45) is 2.15. The number of aliphatic hydroxyl groups excluding tert-OH is 1. The van der Waals surface area contributed by atoms with Gasteiger partial charge in [0.2, 0.25) is 5.91 Å². The lowest BCUT2D eigenvalue weighted by atomic mass is 9.95. The van der Waals surface area contributed by atoms with Gasteiger partial charge in [-0.3, -0.25) is 9.59 Å². The molecule has 132 valence electrons. The fraction of sp³-hybridized carbons (Fsp3) is 0.579. The average molecular weight is 332 g/mol. The number of rotatable bonds is 6. The Labute approximate surface area is 144 Å². The SMILES string of the molecule is CC(C)CC(CO)NC(=O)C1(C)CCCN1C(=O)c1ccccc1. The summed E-state index contributed by atoms with van der Waals surface area (Å²) in [4.78, 5) is 27.3. The van der Waals surface area contributed by atoms with Crippen LogP contribution in [0, 0.1) is 5.92 Å². The first-order chi connectivity index (χ1) is 11.4. The zero-order valence-corrected chi connectivity index (χ0v) is 14.8. The summed E-state index contributed by atoms with van der Waals surface area (Å²) in [6, 6.07) is 8.78. The van der Waals surface area contributed by atoms with Crippen molar-refractivity contribution in [2.45, 2.75) is 51.6 Å². The van der Waals surface area contributed by atoms with Crippen LogP contribution in [0.5, 0.6) is 0 Å². The molecule has 2 amide bonds. The molecule has 1 fully saturated rings. The highest BCUT2D eigenvalue weighted by molar-refractivity contribution is 5.99. The van der Waals surface area contributed by atoms with E-state index < -0.39 is 5.54 Å². The van der Waals surface area contributed by atoms with Gasteiger partial charge in [0, 0.05) is 12.1 Å². The lowest BCUT2D eigenvalue weighted by molar-refractivity contribution is -0.131. The van der Waals surface area contributed by atoms with Gasteiger partial charge in [-0.15, -0.1) is 0 Å². The summed E-state index contributed by atoms with van der Waals surface area (Å²) in [5.74, 6) is 0.0834. The highest BCUT2D eigenvalue weighted by Crippen LogP contribution is 2.31. The number of amides is 2.